The molecule has 0 radical (unpaired) electrons. The van der Waals surface area contributed by atoms with Gasteiger partial charge in [0, 0.05) is 113 Å². The number of fused-ring (bicyclic) bond motifs is 2. The van der Waals surface area contributed by atoms with Crippen LogP contribution in [-0.2, 0) is 9.59 Å². The highest BCUT2D eigenvalue weighted by atomic mass is 35.5. The fourth-order valence-electron chi connectivity index (χ4n) is 9.65. The second-order valence-electron chi connectivity index (χ2n) is 19.2. The molecule has 2 unspecified atom stereocenters. The summed E-state index contributed by atoms with van der Waals surface area (Å²) in [6, 6.07) is 28.6. The van der Waals surface area contributed by atoms with Gasteiger partial charge in [-0.25, -0.2) is 4.68 Å². The summed E-state index contributed by atoms with van der Waals surface area (Å²) in [7, 11) is 5.52. The molecule has 6 aromatic rings. The Morgan fingerprint density at radius 1 is 0.600 bits per heavy atom. The van der Waals surface area contributed by atoms with Crippen molar-refractivity contribution in [3.63, 3.8) is 0 Å². The number of unbranched alkanes of at least 4 members (excludes halogenated alkanes) is 4. The van der Waals surface area contributed by atoms with Crippen molar-refractivity contribution in [2.75, 3.05) is 99.8 Å². The van der Waals surface area contributed by atoms with Gasteiger partial charge < -0.3 is 33.6 Å². The number of carbonyl (C=O) groups is 2. The fourth-order valence-corrected chi connectivity index (χ4v) is 9.90. The molecule has 2 aromatic heterocycles. The number of ether oxygens (including phenoxy) is 2. The van der Waals surface area contributed by atoms with Crippen molar-refractivity contribution in [2.24, 2.45) is 0 Å². The second kappa shape index (κ2) is 24.3. The van der Waals surface area contributed by atoms with Gasteiger partial charge in [0.15, 0.2) is 0 Å². The summed E-state index contributed by atoms with van der Waals surface area (Å²) >= 11 is 12.2. The number of hydrogen-bond acceptors (Lipinski definition) is 10. The molecule has 8 rings (SSSR count). The molecule has 4 aromatic carbocycles. The minimum absolute atomic E-state index is 0.00446. The maximum absolute atomic E-state index is 14.5. The first-order chi connectivity index (χ1) is 33.9. The summed E-state index contributed by atoms with van der Waals surface area (Å²) in [5.41, 5.74) is 4.79. The van der Waals surface area contributed by atoms with Crippen molar-refractivity contribution in [1.29, 1.82) is 0 Å². The van der Waals surface area contributed by atoms with E-state index in [4.69, 9.17) is 32.7 Å². The summed E-state index contributed by atoms with van der Waals surface area (Å²) in [4.78, 5) is 41.9. The monoisotopic (exact) mass is 992 g/mol. The molecular formula is C54H70Cl2N10O4. The van der Waals surface area contributed by atoms with E-state index in [0.29, 0.717) is 18.2 Å². The molecular weight excluding hydrogens is 924 g/mol. The van der Waals surface area contributed by atoms with Gasteiger partial charge in [-0.2, -0.15) is 0 Å². The number of carbonyl (C=O) groups excluding carboxylic acids is 2. The zero-order valence-electron chi connectivity index (χ0n) is 41.6. The van der Waals surface area contributed by atoms with Crippen LogP contribution in [0, 0.1) is 0 Å². The standard InChI is InChI=1S/C54H70Cl2N10O4/c1-40(2)60(5)54(68)52(64-34-30-62(31-35-64)26-8-6-10-36-69-46-20-22-49-41(38-46)24-27-65(49)44-16-12-42(55)13-17-44)51(53(67)59(3)4)63-32-28-61(29-33-63)25-9-7-11-37-70-47-21-23-50-48(39-47)57-58-66(50)45-18-14-43(56)15-19-45/h12-24,27,38-40,51-52H,6-11,25-26,28-37H2,1-5H3. The molecule has 2 fully saturated rings. The molecule has 2 aliphatic heterocycles. The van der Waals surface area contributed by atoms with Crippen LogP contribution in [-0.4, -0.2) is 179 Å². The van der Waals surface area contributed by atoms with Crippen LogP contribution in [0.15, 0.2) is 97.2 Å². The van der Waals surface area contributed by atoms with Crippen molar-refractivity contribution in [3.05, 3.63) is 107 Å². The summed E-state index contributed by atoms with van der Waals surface area (Å²) in [5, 5.41) is 11.2. The number of benzene rings is 4. The van der Waals surface area contributed by atoms with Gasteiger partial charge in [-0.1, -0.05) is 28.4 Å². The number of aromatic nitrogens is 4. The molecule has 2 saturated heterocycles. The van der Waals surface area contributed by atoms with Crippen molar-refractivity contribution < 1.29 is 19.1 Å². The number of likely N-dealkylation sites (N-methyl/N-ethyl adjacent to an activating group) is 2. The fraction of sp³-hybridized carbons (Fsp3) is 0.481. The van der Waals surface area contributed by atoms with Crippen LogP contribution < -0.4 is 9.47 Å². The van der Waals surface area contributed by atoms with Crippen molar-refractivity contribution in [2.45, 2.75) is 70.5 Å². The number of piperazine rings is 2. The maximum atomic E-state index is 14.5. The van der Waals surface area contributed by atoms with E-state index in [1.165, 1.54) is 0 Å². The van der Waals surface area contributed by atoms with Crippen molar-refractivity contribution in [1.82, 2.24) is 49.0 Å². The Bertz CT molecular complexity index is 2620. The minimum Gasteiger partial charge on any atom is -0.494 e. The van der Waals surface area contributed by atoms with Gasteiger partial charge in [0.1, 0.15) is 29.1 Å². The molecule has 0 saturated carbocycles. The predicted octanol–water partition coefficient (Wildman–Crippen LogP) is 8.40. The van der Waals surface area contributed by atoms with Crippen LogP contribution in [0.3, 0.4) is 0 Å². The van der Waals surface area contributed by atoms with Crippen LogP contribution in [0.2, 0.25) is 10.0 Å². The average Bonchev–Trinajstić information content (AvgIpc) is 4.00. The molecule has 14 nitrogen and oxygen atoms in total. The average molecular weight is 994 g/mol. The molecule has 16 heteroatoms. The Labute approximate surface area is 423 Å². The summed E-state index contributed by atoms with van der Waals surface area (Å²) in [6.45, 7) is 13.8. The van der Waals surface area contributed by atoms with Gasteiger partial charge in [0.05, 0.1) is 29.9 Å². The normalized spacial score (nSPS) is 16.2. The van der Waals surface area contributed by atoms with E-state index in [2.05, 4.69) is 58.9 Å². The lowest BCUT2D eigenvalue weighted by molar-refractivity contribution is -0.150. The quantitative estimate of drug-likeness (QED) is 0.0616. The number of rotatable bonds is 22. The number of nitrogens with zero attached hydrogens (tertiary/aromatic N) is 10. The summed E-state index contributed by atoms with van der Waals surface area (Å²) in [5.74, 6) is 1.69. The van der Waals surface area contributed by atoms with Crippen LogP contribution in [0.25, 0.3) is 33.3 Å². The topological polar surface area (TPSA) is 108 Å². The lowest BCUT2D eigenvalue weighted by Gasteiger charge is -2.47. The molecule has 4 heterocycles. The molecule has 374 valence electrons. The van der Waals surface area contributed by atoms with Crippen LogP contribution in [0.4, 0.5) is 0 Å². The SMILES string of the molecule is CC(C)N(C)C(=O)C(C(C(=O)N(C)C)N1CCN(CCCCCOc2ccc3c(c2)nnn3-c2ccc(Cl)cc2)CC1)N1CCN(CCCCCOc2ccc3c(ccn3-c3ccc(Cl)cc3)c2)CC1. The first-order valence-electron chi connectivity index (χ1n) is 25.1. The maximum Gasteiger partial charge on any atom is 0.242 e. The molecule has 2 aliphatic rings. The van der Waals surface area contributed by atoms with E-state index in [-0.39, 0.29) is 17.9 Å². The van der Waals surface area contributed by atoms with E-state index in [0.717, 1.165) is 154 Å². The van der Waals surface area contributed by atoms with Gasteiger partial charge in [0.25, 0.3) is 0 Å². The van der Waals surface area contributed by atoms with Crippen molar-refractivity contribution >= 4 is 57.0 Å². The lowest BCUT2D eigenvalue weighted by Crippen LogP contribution is -2.68. The third-order valence-electron chi connectivity index (χ3n) is 14.0. The smallest absolute Gasteiger partial charge is 0.242 e. The lowest BCUT2D eigenvalue weighted by atomic mass is 9.98. The Kier molecular flexibility index (Phi) is 17.7. The Morgan fingerprint density at radius 2 is 1.11 bits per heavy atom. The zero-order chi connectivity index (χ0) is 49.1. The van der Waals surface area contributed by atoms with E-state index in [1.807, 2.05) is 113 Å². The summed E-state index contributed by atoms with van der Waals surface area (Å²) < 4.78 is 16.3. The summed E-state index contributed by atoms with van der Waals surface area (Å²) in [6.07, 6.45) is 8.29. The van der Waals surface area contributed by atoms with Gasteiger partial charge in [-0.05, 0) is 150 Å². The van der Waals surface area contributed by atoms with Gasteiger partial charge >= 0.3 is 0 Å². The molecule has 0 bridgehead atoms. The zero-order valence-corrected chi connectivity index (χ0v) is 43.1. The highest BCUT2D eigenvalue weighted by Gasteiger charge is 2.45. The highest BCUT2D eigenvalue weighted by Crippen LogP contribution is 2.27. The van der Waals surface area contributed by atoms with Crippen LogP contribution >= 0.6 is 23.2 Å². The molecule has 0 N–H and O–H groups in total. The predicted molar refractivity (Wildman–Crippen MR) is 281 cm³/mol. The van der Waals surface area contributed by atoms with Gasteiger partial charge in [-0.3, -0.25) is 19.4 Å². The Morgan fingerprint density at radius 3 is 1.66 bits per heavy atom. The van der Waals surface area contributed by atoms with E-state index < -0.39 is 12.1 Å². The minimum atomic E-state index is -0.556. The molecule has 70 heavy (non-hydrogen) atoms. The number of hydrogen-bond donors (Lipinski definition) is 0. The molecule has 2 atom stereocenters. The van der Waals surface area contributed by atoms with E-state index >= 15 is 0 Å². The third kappa shape index (κ3) is 12.8. The Balaban J connectivity index is 0.767. The number of halogens is 2. The molecule has 2 amide bonds. The van der Waals surface area contributed by atoms with Crippen molar-refractivity contribution in [3.8, 4) is 22.9 Å². The molecule has 0 aliphatic carbocycles. The van der Waals surface area contributed by atoms with Gasteiger partial charge in [0.2, 0.25) is 11.8 Å². The highest BCUT2D eigenvalue weighted by molar-refractivity contribution is 6.30. The van der Waals surface area contributed by atoms with Crippen LogP contribution in [0.1, 0.15) is 52.4 Å². The van der Waals surface area contributed by atoms with E-state index in [9.17, 15) is 9.59 Å². The largest absolute Gasteiger partial charge is 0.494 e. The third-order valence-corrected chi connectivity index (χ3v) is 14.5. The van der Waals surface area contributed by atoms with Gasteiger partial charge in [-0.15, -0.1) is 5.10 Å². The first-order valence-corrected chi connectivity index (χ1v) is 25.8. The Hall–Kier alpha value is -5.22. The van der Waals surface area contributed by atoms with Crippen LogP contribution in [0.5, 0.6) is 11.5 Å². The molecule has 0 spiro atoms. The van der Waals surface area contributed by atoms with E-state index in [1.54, 1.807) is 9.58 Å². The second-order valence-corrected chi connectivity index (χ2v) is 20.1. The number of amides is 2. The first kappa shape index (κ1) is 51.1.